The lowest BCUT2D eigenvalue weighted by Crippen LogP contribution is -2.30. The number of pyridine rings is 2. The van der Waals surface area contributed by atoms with E-state index < -0.39 is 0 Å². The van der Waals surface area contributed by atoms with Crippen LogP contribution in [0.4, 0.5) is 10.1 Å². The zero-order chi connectivity index (χ0) is 21.4. The average Bonchev–Trinajstić information content (AvgIpc) is 3.30. The maximum Gasteiger partial charge on any atom is 0.263 e. The fourth-order valence-corrected chi connectivity index (χ4v) is 4.14. The molecule has 1 aromatic carbocycles. The van der Waals surface area contributed by atoms with E-state index in [0.29, 0.717) is 34.5 Å². The second-order valence-electron chi connectivity index (χ2n) is 7.69. The molecule has 7 nitrogen and oxygen atoms in total. The Bertz CT molecular complexity index is 1290. The minimum atomic E-state index is -0.382. The Morgan fingerprint density at radius 1 is 1.19 bits per heavy atom. The molecule has 3 aromatic heterocycles. The molecule has 0 saturated carbocycles. The molecule has 4 aromatic rings. The minimum absolute atomic E-state index is 0.105. The topological polar surface area (TPSA) is 77.0 Å². The highest BCUT2D eigenvalue weighted by Crippen LogP contribution is 2.29. The van der Waals surface area contributed by atoms with Crippen LogP contribution in [0.2, 0.25) is 0 Å². The number of rotatable bonds is 4. The quantitative estimate of drug-likeness (QED) is 0.492. The fourth-order valence-electron chi connectivity index (χ4n) is 4.14. The number of halogens is 1. The van der Waals surface area contributed by atoms with Gasteiger partial charge in [0.15, 0.2) is 0 Å². The van der Waals surface area contributed by atoms with Crippen molar-refractivity contribution in [2.75, 3.05) is 18.0 Å². The third-order valence-electron chi connectivity index (χ3n) is 5.76. The van der Waals surface area contributed by atoms with Gasteiger partial charge in [-0.3, -0.25) is 9.78 Å². The van der Waals surface area contributed by atoms with Crippen LogP contribution in [0, 0.1) is 5.82 Å². The smallest absolute Gasteiger partial charge is 0.263 e. The Morgan fingerprint density at radius 3 is 2.77 bits per heavy atom. The molecule has 1 aliphatic heterocycles. The Morgan fingerprint density at radius 2 is 2.03 bits per heavy atom. The molecule has 5 rings (SSSR count). The molecule has 4 heterocycles. The Hall–Kier alpha value is -3.55. The van der Waals surface area contributed by atoms with Crippen molar-refractivity contribution in [1.82, 2.24) is 19.7 Å². The van der Waals surface area contributed by atoms with E-state index in [4.69, 9.17) is 4.52 Å². The van der Waals surface area contributed by atoms with Crippen LogP contribution in [0.15, 0.2) is 52.2 Å². The summed E-state index contributed by atoms with van der Waals surface area (Å²) >= 11 is 0. The second-order valence-corrected chi connectivity index (χ2v) is 7.69. The van der Waals surface area contributed by atoms with Crippen molar-refractivity contribution in [3.05, 3.63) is 58.9 Å². The molecule has 0 radical (unpaired) electrons. The third kappa shape index (κ3) is 3.48. The van der Waals surface area contributed by atoms with E-state index in [1.807, 2.05) is 17.6 Å². The number of fused-ring (bicyclic) bond motifs is 1. The van der Waals surface area contributed by atoms with E-state index in [1.54, 1.807) is 30.7 Å². The van der Waals surface area contributed by atoms with Crippen molar-refractivity contribution in [2.45, 2.75) is 32.7 Å². The van der Waals surface area contributed by atoms with Gasteiger partial charge in [0, 0.05) is 49.2 Å². The third-order valence-corrected chi connectivity index (χ3v) is 5.76. The van der Waals surface area contributed by atoms with E-state index in [-0.39, 0.29) is 22.7 Å². The van der Waals surface area contributed by atoms with E-state index in [1.165, 1.54) is 12.5 Å². The molecule has 8 heteroatoms. The van der Waals surface area contributed by atoms with Crippen molar-refractivity contribution in [1.29, 1.82) is 0 Å². The summed E-state index contributed by atoms with van der Waals surface area (Å²) < 4.78 is 22.3. The molecule has 1 saturated heterocycles. The summed E-state index contributed by atoms with van der Waals surface area (Å²) in [6.07, 6.45) is 8.25. The first-order valence-corrected chi connectivity index (χ1v) is 10.5. The average molecular weight is 419 g/mol. The van der Waals surface area contributed by atoms with Crippen LogP contribution in [-0.4, -0.2) is 32.8 Å². The lowest BCUT2D eigenvalue weighted by Gasteiger charge is -2.29. The van der Waals surface area contributed by atoms with Crippen LogP contribution >= 0.6 is 0 Å². The van der Waals surface area contributed by atoms with Gasteiger partial charge in [-0.05, 0) is 50.5 Å². The van der Waals surface area contributed by atoms with Gasteiger partial charge >= 0.3 is 0 Å². The normalized spacial score (nSPS) is 14.3. The van der Waals surface area contributed by atoms with Crippen LogP contribution in [0.5, 0.6) is 0 Å². The molecule has 1 fully saturated rings. The van der Waals surface area contributed by atoms with Crippen LogP contribution < -0.4 is 10.3 Å². The number of hydrogen-bond donors (Lipinski definition) is 0. The molecule has 158 valence electrons. The largest absolute Gasteiger partial charge is 0.369 e. The lowest BCUT2D eigenvalue weighted by atomic mass is 10.1. The maximum absolute atomic E-state index is 15.0. The van der Waals surface area contributed by atoms with Crippen molar-refractivity contribution < 1.29 is 8.91 Å². The first-order chi connectivity index (χ1) is 15.2. The molecule has 0 amide bonds. The van der Waals surface area contributed by atoms with Crippen LogP contribution in [-0.2, 0) is 6.54 Å². The number of aryl methyl sites for hydroxylation is 1. The zero-order valence-electron chi connectivity index (χ0n) is 17.2. The monoisotopic (exact) mass is 419 g/mol. The van der Waals surface area contributed by atoms with Crippen molar-refractivity contribution in [3.8, 4) is 22.8 Å². The highest BCUT2D eigenvalue weighted by atomic mass is 19.1. The van der Waals surface area contributed by atoms with Gasteiger partial charge in [-0.1, -0.05) is 5.16 Å². The molecule has 0 spiro atoms. The van der Waals surface area contributed by atoms with E-state index in [2.05, 4.69) is 20.0 Å². The molecule has 0 atom stereocenters. The van der Waals surface area contributed by atoms with Crippen molar-refractivity contribution in [3.63, 3.8) is 0 Å². The Labute approximate surface area is 178 Å². The number of piperidine rings is 1. The van der Waals surface area contributed by atoms with Gasteiger partial charge in [-0.15, -0.1) is 0 Å². The van der Waals surface area contributed by atoms with Gasteiger partial charge in [-0.25, -0.2) is 4.39 Å². The first-order valence-electron chi connectivity index (χ1n) is 10.5. The zero-order valence-corrected chi connectivity index (χ0v) is 17.2. The number of benzene rings is 1. The molecule has 0 unspecified atom stereocenters. The molecule has 0 bridgehead atoms. The van der Waals surface area contributed by atoms with Gasteiger partial charge in [0.25, 0.3) is 5.89 Å². The summed E-state index contributed by atoms with van der Waals surface area (Å²) in [5, 5.41) is 4.28. The molecule has 31 heavy (non-hydrogen) atoms. The van der Waals surface area contributed by atoms with E-state index >= 15 is 4.39 Å². The lowest BCUT2D eigenvalue weighted by molar-refractivity contribution is 0.431. The Balaban J connectivity index is 1.63. The standard InChI is InChI=1S/C23H22FN5O2/c1-2-28-14-17(23-26-22(27-31-23)15-7-6-8-25-13-15)21(30)16-11-18(24)20(12-19(16)28)29-9-4-3-5-10-29/h6-8,11-14H,2-5,9-10H2,1H3. The van der Waals surface area contributed by atoms with Crippen molar-refractivity contribution >= 4 is 16.6 Å². The summed E-state index contributed by atoms with van der Waals surface area (Å²) in [6.45, 7) is 4.25. The van der Waals surface area contributed by atoms with Gasteiger partial charge in [0.05, 0.1) is 11.2 Å². The number of nitrogens with zero attached hydrogens (tertiary/aromatic N) is 5. The number of aromatic nitrogens is 4. The van der Waals surface area contributed by atoms with E-state index in [9.17, 15) is 4.79 Å². The summed E-state index contributed by atoms with van der Waals surface area (Å²) in [7, 11) is 0. The van der Waals surface area contributed by atoms with Crippen LogP contribution in [0.1, 0.15) is 26.2 Å². The van der Waals surface area contributed by atoms with Gasteiger partial charge in [-0.2, -0.15) is 4.98 Å². The summed E-state index contributed by atoms with van der Waals surface area (Å²) in [4.78, 5) is 23.7. The van der Waals surface area contributed by atoms with Gasteiger partial charge in [0.2, 0.25) is 11.3 Å². The van der Waals surface area contributed by atoms with Crippen LogP contribution in [0.25, 0.3) is 33.7 Å². The predicted molar refractivity (Wildman–Crippen MR) is 116 cm³/mol. The highest BCUT2D eigenvalue weighted by molar-refractivity contribution is 5.86. The maximum atomic E-state index is 15.0. The van der Waals surface area contributed by atoms with E-state index in [0.717, 1.165) is 25.9 Å². The molecular formula is C23H22FN5O2. The van der Waals surface area contributed by atoms with Crippen molar-refractivity contribution in [2.24, 2.45) is 0 Å². The molecular weight excluding hydrogens is 397 g/mol. The number of anilines is 1. The summed E-state index contributed by atoms with van der Waals surface area (Å²) in [5.74, 6) is 0.0682. The van der Waals surface area contributed by atoms with Crippen LogP contribution in [0.3, 0.4) is 0 Å². The second kappa shape index (κ2) is 7.94. The first kappa shape index (κ1) is 19.4. The van der Waals surface area contributed by atoms with Gasteiger partial charge < -0.3 is 14.0 Å². The molecule has 1 aliphatic rings. The summed E-state index contributed by atoms with van der Waals surface area (Å²) in [5.41, 5.74) is 1.86. The Kier molecular flexibility index (Phi) is 4.97. The fraction of sp³-hybridized carbons (Fsp3) is 0.304. The molecule has 0 N–H and O–H groups in total. The highest BCUT2D eigenvalue weighted by Gasteiger charge is 2.21. The SMILES string of the molecule is CCn1cc(-c2nc(-c3cccnc3)no2)c(=O)c2cc(F)c(N3CCCCC3)cc21. The van der Waals surface area contributed by atoms with Gasteiger partial charge in [0.1, 0.15) is 11.4 Å². The predicted octanol–water partition coefficient (Wildman–Crippen LogP) is 4.26. The number of hydrogen-bond acceptors (Lipinski definition) is 6. The molecule has 0 aliphatic carbocycles. The minimum Gasteiger partial charge on any atom is -0.369 e. The summed E-state index contributed by atoms with van der Waals surface area (Å²) in [6, 6.07) is 6.72.